The molecule has 0 saturated heterocycles. The molecular formula is C26H28ClF2NO2S. The van der Waals surface area contributed by atoms with Gasteiger partial charge in [0, 0.05) is 11.1 Å². The second kappa shape index (κ2) is 10.7. The standard InChI is InChI=1S/C26H28ClF2NO2S/c1-4-18(2)9-10-20-7-5-6-8-24(20)19(3)30(26-17-22(28)13-16-25(26)29)33(31,32)23-14-11-21(27)12-15-23/h5-8,11-19H,4,9-10H2,1-3H3/t18?,19-/m1/s1. The number of benzene rings is 3. The van der Waals surface area contributed by atoms with Crippen LogP contribution < -0.4 is 4.31 Å². The highest BCUT2D eigenvalue weighted by atomic mass is 35.5. The molecule has 176 valence electrons. The minimum Gasteiger partial charge on any atom is -0.256 e. The molecule has 3 aromatic carbocycles. The molecule has 0 aliphatic carbocycles. The first-order valence-corrected chi connectivity index (χ1v) is 12.8. The summed E-state index contributed by atoms with van der Waals surface area (Å²) in [6.07, 6.45) is 2.75. The molecule has 0 radical (unpaired) electrons. The first-order chi connectivity index (χ1) is 15.6. The lowest BCUT2D eigenvalue weighted by Crippen LogP contribution is -2.35. The maximum atomic E-state index is 14.9. The van der Waals surface area contributed by atoms with E-state index in [-0.39, 0.29) is 10.6 Å². The van der Waals surface area contributed by atoms with Crippen LogP contribution in [0.2, 0.25) is 5.02 Å². The van der Waals surface area contributed by atoms with E-state index in [1.165, 1.54) is 24.3 Å². The zero-order chi connectivity index (χ0) is 24.2. The highest BCUT2D eigenvalue weighted by Gasteiger charge is 2.33. The van der Waals surface area contributed by atoms with Crippen LogP contribution in [0.15, 0.2) is 71.6 Å². The largest absolute Gasteiger partial charge is 0.264 e. The first kappa shape index (κ1) is 25.2. The minimum atomic E-state index is -4.24. The van der Waals surface area contributed by atoms with E-state index in [2.05, 4.69) is 13.8 Å². The van der Waals surface area contributed by atoms with E-state index in [4.69, 9.17) is 11.6 Å². The van der Waals surface area contributed by atoms with E-state index < -0.39 is 27.7 Å². The Balaban J connectivity index is 2.15. The average molecular weight is 492 g/mol. The lowest BCUT2D eigenvalue weighted by Gasteiger charge is -2.32. The summed E-state index contributed by atoms with van der Waals surface area (Å²) in [4.78, 5) is -0.0560. The van der Waals surface area contributed by atoms with Gasteiger partial charge in [-0.05, 0) is 73.2 Å². The van der Waals surface area contributed by atoms with Gasteiger partial charge in [0.15, 0.2) is 0 Å². The molecule has 0 bridgehead atoms. The predicted molar refractivity (Wildman–Crippen MR) is 130 cm³/mol. The van der Waals surface area contributed by atoms with E-state index in [1.54, 1.807) is 6.92 Å². The fourth-order valence-electron chi connectivity index (χ4n) is 3.82. The number of hydrogen-bond acceptors (Lipinski definition) is 2. The Morgan fingerprint density at radius 1 is 0.970 bits per heavy atom. The number of nitrogens with zero attached hydrogens (tertiary/aromatic N) is 1. The van der Waals surface area contributed by atoms with E-state index in [0.29, 0.717) is 10.9 Å². The SMILES string of the molecule is CCC(C)CCc1ccccc1[C@@H](C)N(c1cc(F)ccc1F)S(=O)(=O)c1ccc(Cl)cc1. The Hall–Kier alpha value is -2.44. The van der Waals surface area contributed by atoms with Crippen LogP contribution in [0.25, 0.3) is 0 Å². The molecule has 3 rings (SSSR count). The van der Waals surface area contributed by atoms with Gasteiger partial charge in [-0.15, -0.1) is 0 Å². The molecule has 0 saturated carbocycles. The molecule has 33 heavy (non-hydrogen) atoms. The van der Waals surface area contributed by atoms with Gasteiger partial charge in [0.2, 0.25) is 0 Å². The highest BCUT2D eigenvalue weighted by Crippen LogP contribution is 2.37. The molecule has 0 aliphatic rings. The van der Waals surface area contributed by atoms with Gasteiger partial charge < -0.3 is 0 Å². The third-order valence-corrected chi connectivity index (χ3v) is 8.13. The third-order valence-electron chi connectivity index (χ3n) is 5.98. The molecule has 0 amide bonds. The van der Waals surface area contributed by atoms with Crippen LogP contribution in [0.4, 0.5) is 14.5 Å². The van der Waals surface area contributed by atoms with Gasteiger partial charge in [0.25, 0.3) is 10.0 Å². The normalized spacial score (nSPS) is 13.5. The van der Waals surface area contributed by atoms with Crippen molar-refractivity contribution in [1.29, 1.82) is 0 Å². The monoisotopic (exact) mass is 491 g/mol. The van der Waals surface area contributed by atoms with Gasteiger partial charge in [0.1, 0.15) is 11.6 Å². The molecule has 1 unspecified atom stereocenters. The van der Waals surface area contributed by atoms with Crippen molar-refractivity contribution < 1.29 is 17.2 Å². The Labute approximate surface area is 200 Å². The van der Waals surface area contributed by atoms with Crippen molar-refractivity contribution in [3.8, 4) is 0 Å². The Morgan fingerprint density at radius 3 is 2.30 bits per heavy atom. The van der Waals surface area contributed by atoms with Crippen molar-refractivity contribution in [1.82, 2.24) is 0 Å². The molecular weight excluding hydrogens is 464 g/mol. The highest BCUT2D eigenvalue weighted by molar-refractivity contribution is 7.92. The average Bonchev–Trinajstić information content (AvgIpc) is 2.80. The van der Waals surface area contributed by atoms with Crippen molar-refractivity contribution in [2.75, 3.05) is 4.31 Å². The fourth-order valence-corrected chi connectivity index (χ4v) is 5.58. The Morgan fingerprint density at radius 2 is 1.64 bits per heavy atom. The zero-order valence-electron chi connectivity index (χ0n) is 18.9. The smallest absolute Gasteiger partial charge is 0.256 e. The predicted octanol–water partition coefficient (Wildman–Crippen LogP) is 7.55. The second-order valence-electron chi connectivity index (χ2n) is 8.28. The number of halogens is 3. The quantitative estimate of drug-likeness (QED) is 0.310. The van der Waals surface area contributed by atoms with Crippen LogP contribution in [0, 0.1) is 17.6 Å². The van der Waals surface area contributed by atoms with Gasteiger partial charge >= 0.3 is 0 Å². The lowest BCUT2D eigenvalue weighted by atomic mass is 9.93. The number of aryl methyl sites for hydroxylation is 1. The fraction of sp³-hybridized carbons (Fsp3) is 0.308. The van der Waals surface area contributed by atoms with Gasteiger partial charge in [0.05, 0.1) is 16.6 Å². The summed E-state index contributed by atoms with van der Waals surface area (Å²) in [5, 5.41) is 0.376. The summed E-state index contributed by atoms with van der Waals surface area (Å²) < 4.78 is 57.5. The van der Waals surface area contributed by atoms with Crippen LogP contribution in [0.1, 0.15) is 50.8 Å². The summed E-state index contributed by atoms with van der Waals surface area (Å²) >= 11 is 5.94. The van der Waals surface area contributed by atoms with Crippen LogP contribution in [0.3, 0.4) is 0 Å². The second-order valence-corrected chi connectivity index (χ2v) is 10.5. The molecule has 0 aromatic heterocycles. The molecule has 0 N–H and O–H groups in total. The summed E-state index contributed by atoms with van der Waals surface area (Å²) in [6.45, 7) is 6.00. The molecule has 0 fully saturated rings. The molecule has 2 atom stereocenters. The number of hydrogen-bond donors (Lipinski definition) is 0. The van der Waals surface area contributed by atoms with E-state index in [1.807, 2.05) is 24.3 Å². The first-order valence-electron chi connectivity index (χ1n) is 11.0. The van der Waals surface area contributed by atoms with Crippen molar-refractivity contribution in [3.63, 3.8) is 0 Å². The van der Waals surface area contributed by atoms with Crippen molar-refractivity contribution in [2.24, 2.45) is 5.92 Å². The third kappa shape index (κ3) is 5.74. The van der Waals surface area contributed by atoms with Crippen molar-refractivity contribution in [3.05, 3.63) is 94.5 Å². The van der Waals surface area contributed by atoms with Crippen LogP contribution >= 0.6 is 11.6 Å². The molecule has 3 aromatic rings. The van der Waals surface area contributed by atoms with Crippen LogP contribution in [-0.2, 0) is 16.4 Å². The molecule has 0 spiro atoms. The Bertz CT molecular complexity index is 1200. The van der Waals surface area contributed by atoms with E-state index in [9.17, 15) is 17.2 Å². The molecule has 0 aliphatic heterocycles. The van der Waals surface area contributed by atoms with Gasteiger partial charge in [-0.2, -0.15) is 0 Å². The van der Waals surface area contributed by atoms with Gasteiger partial charge in [-0.3, -0.25) is 4.31 Å². The zero-order valence-corrected chi connectivity index (χ0v) is 20.5. The van der Waals surface area contributed by atoms with Crippen molar-refractivity contribution in [2.45, 2.75) is 51.0 Å². The number of anilines is 1. The summed E-state index contributed by atoms with van der Waals surface area (Å²) in [5.74, 6) is -1.03. The lowest BCUT2D eigenvalue weighted by molar-refractivity contribution is 0.514. The number of rotatable bonds is 9. The van der Waals surface area contributed by atoms with Crippen molar-refractivity contribution >= 4 is 27.3 Å². The topological polar surface area (TPSA) is 37.4 Å². The maximum Gasteiger partial charge on any atom is 0.264 e. The summed E-state index contributed by atoms with van der Waals surface area (Å²) in [5.41, 5.74) is 1.40. The Kier molecular flexibility index (Phi) is 8.14. The summed E-state index contributed by atoms with van der Waals surface area (Å²) in [6, 6.07) is 15.2. The minimum absolute atomic E-state index is 0.0560. The van der Waals surface area contributed by atoms with Crippen LogP contribution in [0.5, 0.6) is 0 Å². The van der Waals surface area contributed by atoms with Gasteiger partial charge in [-0.1, -0.05) is 56.1 Å². The number of sulfonamides is 1. The van der Waals surface area contributed by atoms with E-state index >= 15 is 0 Å². The maximum absolute atomic E-state index is 14.9. The molecule has 3 nitrogen and oxygen atoms in total. The van der Waals surface area contributed by atoms with Crippen LogP contribution in [-0.4, -0.2) is 8.42 Å². The van der Waals surface area contributed by atoms with Gasteiger partial charge in [-0.25, -0.2) is 17.2 Å². The van der Waals surface area contributed by atoms with E-state index in [0.717, 1.165) is 52.9 Å². The molecule has 0 heterocycles. The molecule has 7 heteroatoms. The summed E-state index contributed by atoms with van der Waals surface area (Å²) in [7, 11) is -4.24.